The molecule has 220 valence electrons. The Kier molecular flexibility index (Phi) is 13.7. The van der Waals surface area contributed by atoms with Crippen LogP contribution in [0.4, 0.5) is 0 Å². The van der Waals surface area contributed by atoms with E-state index in [0.717, 1.165) is 0 Å². The molecule has 2 rings (SSSR count). The fraction of sp³-hybridized carbons (Fsp3) is 0.708. The Morgan fingerprint density at radius 2 is 1.85 bits per heavy atom. The van der Waals surface area contributed by atoms with E-state index in [2.05, 4.69) is 11.1 Å². The van der Waals surface area contributed by atoms with Crippen molar-refractivity contribution in [3.63, 3.8) is 0 Å². The first-order valence-electron chi connectivity index (χ1n) is 12.8. The molecule has 15 heteroatoms. The number of hydrogen-bond acceptors (Lipinski definition) is 11. The van der Waals surface area contributed by atoms with E-state index in [0.29, 0.717) is 0 Å². The van der Waals surface area contributed by atoms with E-state index >= 15 is 0 Å². The van der Waals surface area contributed by atoms with Gasteiger partial charge in [0.1, 0.15) is 18.3 Å². The van der Waals surface area contributed by atoms with Gasteiger partial charge in [0.25, 0.3) is 14.1 Å². The number of rotatable bonds is 16. The number of nitriles is 1. The third-order valence-corrected chi connectivity index (χ3v) is 9.47. The van der Waals surface area contributed by atoms with Crippen LogP contribution in [0.3, 0.4) is 0 Å². The van der Waals surface area contributed by atoms with Crippen molar-refractivity contribution >= 4 is 16.1 Å². The third-order valence-electron chi connectivity index (χ3n) is 5.57. The Morgan fingerprint density at radius 1 is 1.21 bits per heavy atom. The van der Waals surface area contributed by atoms with E-state index in [1.807, 2.05) is 32.4 Å². The smallest absolute Gasteiger partial charge is 0.353 e. The number of hydrogen-bond donors (Lipinski definition) is 1. The second kappa shape index (κ2) is 15.9. The Bertz CT molecular complexity index is 1120. The fourth-order valence-corrected chi connectivity index (χ4v) is 7.21. The molecule has 5 atom stereocenters. The number of H-pyrrole nitrogens is 1. The minimum atomic E-state index is -3.59. The van der Waals surface area contributed by atoms with Gasteiger partial charge in [-0.3, -0.25) is 18.9 Å². The van der Waals surface area contributed by atoms with Crippen molar-refractivity contribution < 1.29 is 32.1 Å². The van der Waals surface area contributed by atoms with Gasteiger partial charge in [-0.25, -0.2) is 9.46 Å². The summed E-state index contributed by atoms with van der Waals surface area (Å²) in [6.07, 6.45) is -0.567. The Labute approximate surface area is 230 Å². The standard InChI is InChI=1S/C24H40N4O9P2/c1-8-34-39(31,35-9-2)16-12-19-21(37-38(33-15-10-13-25)28(17(3)4)18(5)6)22(32-7)23(36-19)27-14-11-20(29)26-24(27)30/h11-12,14,16-19,21-23H,8-10,15H2,1-7H3,(H,26,29,30)/b16-12+/t19-,21?,22?,23-,38?/m1/s1. The van der Waals surface area contributed by atoms with Crippen molar-refractivity contribution in [3.8, 4) is 6.07 Å². The quantitative estimate of drug-likeness (QED) is 0.220. The van der Waals surface area contributed by atoms with Gasteiger partial charge < -0.3 is 27.6 Å². The Balaban J connectivity index is 2.56. The van der Waals surface area contributed by atoms with E-state index in [1.165, 1.54) is 35.8 Å². The van der Waals surface area contributed by atoms with Crippen molar-refractivity contribution in [1.29, 1.82) is 5.26 Å². The van der Waals surface area contributed by atoms with Crippen LogP contribution in [0.5, 0.6) is 0 Å². The fourth-order valence-electron chi connectivity index (χ4n) is 4.11. The van der Waals surface area contributed by atoms with Crippen molar-refractivity contribution in [2.24, 2.45) is 0 Å². The van der Waals surface area contributed by atoms with E-state index in [-0.39, 0.29) is 38.3 Å². The molecule has 0 spiro atoms. The number of aromatic amines is 1. The lowest BCUT2D eigenvalue weighted by Crippen LogP contribution is -2.41. The van der Waals surface area contributed by atoms with Crippen LogP contribution >= 0.6 is 16.1 Å². The largest absolute Gasteiger partial charge is 0.374 e. The molecular weight excluding hydrogens is 550 g/mol. The molecule has 1 aliphatic heterocycles. The van der Waals surface area contributed by atoms with Crippen LogP contribution < -0.4 is 11.2 Å². The van der Waals surface area contributed by atoms with Crippen molar-refractivity contribution in [1.82, 2.24) is 14.2 Å². The van der Waals surface area contributed by atoms with Gasteiger partial charge in [0.05, 0.1) is 32.3 Å². The number of nitrogens with zero attached hydrogens (tertiary/aromatic N) is 3. The van der Waals surface area contributed by atoms with Gasteiger partial charge in [-0.15, -0.1) is 0 Å². The molecule has 1 aromatic rings. The average Bonchev–Trinajstić information content (AvgIpc) is 3.19. The minimum absolute atomic E-state index is 0.0317. The van der Waals surface area contributed by atoms with Gasteiger partial charge in [0.2, 0.25) is 0 Å². The van der Waals surface area contributed by atoms with E-state index in [1.54, 1.807) is 13.8 Å². The highest BCUT2D eigenvalue weighted by atomic mass is 31.2. The van der Waals surface area contributed by atoms with Crippen LogP contribution in [-0.2, 0) is 32.1 Å². The molecule has 3 unspecified atom stereocenters. The Hall–Kier alpha value is -1.71. The first-order valence-corrected chi connectivity index (χ1v) is 15.6. The van der Waals surface area contributed by atoms with Gasteiger partial charge in [-0.2, -0.15) is 5.26 Å². The third kappa shape index (κ3) is 9.15. The number of ether oxygens (including phenoxy) is 2. The van der Waals surface area contributed by atoms with Crippen molar-refractivity contribution in [2.75, 3.05) is 26.9 Å². The molecule has 1 aliphatic rings. The van der Waals surface area contributed by atoms with Gasteiger partial charge in [-0.05, 0) is 47.6 Å². The predicted molar refractivity (Wildman–Crippen MR) is 146 cm³/mol. The molecule has 0 saturated carbocycles. The number of aromatic nitrogens is 2. The normalized spacial score (nSPS) is 22.8. The monoisotopic (exact) mass is 590 g/mol. The molecule has 1 aromatic heterocycles. The summed E-state index contributed by atoms with van der Waals surface area (Å²) < 4.78 is 51.8. The summed E-state index contributed by atoms with van der Waals surface area (Å²) in [5.41, 5.74) is -1.24. The van der Waals surface area contributed by atoms with Crippen LogP contribution in [0.15, 0.2) is 33.7 Å². The van der Waals surface area contributed by atoms with E-state index in [4.69, 9.17) is 32.8 Å². The second-order valence-corrected chi connectivity index (χ2v) is 12.3. The van der Waals surface area contributed by atoms with Crippen molar-refractivity contribution in [3.05, 3.63) is 45.0 Å². The van der Waals surface area contributed by atoms with Crippen LogP contribution in [0.25, 0.3) is 0 Å². The van der Waals surface area contributed by atoms with E-state index < -0.39 is 51.9 Å². The number of nitrogens with one attached hydrogen (secondary N) is 1. The molecule has 13 nitrogen and oxygen atoms in total. The second-order valence-electron chi connectivity index (χ2n) is 9.04. The topological polar surface area (TPSA) is 154 Å². The van der Waals surface area contributed by atoms with Gasteiger partial charge in [-0.1, -0.05) is 0 Å². The first-order chi connectivity index (χ1) is 18.5. The summed E-state index contributed by atoms with van der Waals surface area (Å²) in [4.78, 5) is 26.5. The molecule has 0 aromatic carbocycles. The average molecular weight is 591 g/mol. The summed E-state index contributed by atoms with van der Waals surface area (Å²) in [6, 6.07) is 3.33. The summed E-state index contributed by atoms with van der Waals surface area (Å²) in [7, 11) is -3.86. The van der Waals surface area contributed by atoms with E-state index in [9.17, 15) is 14.2 Å². The lowest BCUT2D eigenvalue weighted by Gasteiger charge is -2.38. The molecule has 2 heterocycles. The summed E-state index contributed by atoms with van der Waals surface area (Å²) in [6.45, 7) is 11.9. The molecule has 39 heavy (non-hydrogen) atoms. The molecule has 1 saturated heterocycles. The number of methoxy groups -OCH3 is 1. The maximum absolute atomic E-state index is 13.1. The van der Waals surface area contributed by atoms with Crippen LogP contribution in [0, 0.1) is 11.3 Å². The molecule has 1 fully saturated rings. The molecule has 0 amide bonds. The maximum Gasteiger partial charge on any atom is 0.353 e. The maximum atomic E-state index is 13.1. The van der Waals surface area contributed by atoms with Crippen LogP contribution in [0.1, 0.15) is 54.2 Å². The first kappa shape index (κ1) is 33.5. The van der Waals surface area contributed by atoms with Crippen LogP contribution in [-0.4, -0.2) is 71.5 Å². The zero-order chi connectivity index (χ0) is 29.2. The van der Waals surface area contributed by atoms with Gasteiger partial charge >= 0.3 is 13.3 Å². The van der Waals surface area contributed by atoms with Crippen LogP contribution in [0.2, 0.25) is 0 Å². The molecule has 0 radical (unpaired) electrons. The predicted octanol–water partition coefficient (Wildman–Crippen LogP) is 3.89. The molecular formula is C24H40N4O9P2. The summed E-state index contributed by atoms with van der Waals surface area (Å²) >= 11 is 0. The highest BCUT2D eigenvalue weighted by Crippen LogP contribution is 2.52. The highest BCUT2D eigenvalue weighted by Gasteiger charge is 2.49. The zero-order valence-corrected chi connectivity index (χ0v) is 25.3. The van der Waals surface area contributed by atoms with Gasteiger partial charge in [0, 0.05) is 37.3 Å². The SMILES string of the molecule is CCOP(=O)(/C=C/[C@H]1O[C@@H](n2ccc(=O)[nH]c2=O)C(OC)C1OP(OCCC#N)N(C(C)C)C(C)C)OCC. The molecule has 0 bridgehead atoms. The minimum Gasteiger partial charge on any atom is -0.374 e. The molecule has 1 N–H and O–H groups in total. The summed E-state index contributed by atoms with van der Waals surface area (Å²) in [5, 5.41) is 9.05. The van der Waals surface area contributed by atoms with Crippen molar-refractivity contribution in [2.45, 2.75) is 84.6 Å². The summed E-state index contributed by atoms with van der Waals surface area (Å²) in [5.74, 6) is 1.31. The zero-order valence-electron chi connectivity index (χ0n) is 23.5. The Morgan fingerprint density at radius 3 is 2.36 bits per heavy atom. The highest BCUT2D eigenvalue weighted by molar-refractivity contribution is 7.57. The molecule has 0 aliphatic carbocycles. The lowest BCUT2D eigenvalue weighted by molar-refractivity contribution is -0.0482. The van der Waals surface area contributed by atoms with Gasteiger partial charge in [0.15, 0.2) is 6.23 Å². The lowest BCUT2D eigenvalue weighted by atomic mass is 10.1.